The normalized spacial score (nSPS) is 16.7. The fraction of sp³-hybridized carbons (Fsp3) is 0.375. The van der Waals surface area contributed by atoms with Crippen molar-refractivity contribution in [2.45, 2.75) is 33.1 Å². The molecule has 0 saturated carbocycles. The zero-order valence-electron chi connectivity index (χ0n) is 13.0. The van der Waals surface area contributed by atoms with Gasteiger partial charge in [0.25, 0.3) is 11.6 Å². The molecule has 23 heavy (non-hydrogen) atoms. The summed E-state index contributed by atoms with van der Waals surface area (Å²) >= 11 is 0. The van der Waals surface area contributed by atoms with E-state index in [1.165, 1.54) is 6.07 Å². The molecule has 0 radical (unpaired) electrons. The molecule has 1 aromatic carbocycles. The number of hydrogen-bond acceptors (Lipinski definition) is 5. The summed E-state index contributed by atoms with van der Waals surface area (Å²) in [5.41, 5.74) is 1.92. The number of nitrogens with one attached hydrogen (secondary N) is 1. The van der Waals surface area contributed by atoms with Crippen LogP contribution in [0.3, 0.4) is 0 Å². The topological polar surface area (TPSA) is 98.3 Å². The van der Waals surface area contributed by atoms with Crippen molar-refractivity contribution in [2.75, 3.05) is 5.32 Å². The predicted octanol–water partition coefficient (Wildman–Crippen LogP) is 3.27. The number of amides is 1. The molecule has 0 bridgehead atoms. The fourth-order valence-corrected chi connectivity index (χ4v) is 2.89. The van der Waals surface area contributed by atoms with Crippen molar-refractivity contribution in [3.8, 4) is 0 Å². The van der Waals surface area contributed by atoms with E-state index in [4.69, 9.17) is 4.52 Å². The maximum absolute atomic E-state index is 12.5. The molecule has 1 aliphatic carbocycles. The summed E-state index contributed by atoms with van der Waals surface area (Å²) in [4.78, 5) is 23.0. The maximum atomic E-state index is 12.5. The molecule has 0 aliphatic heterocycles. The standard InChI is InChI=1S/C16H17N3O4/c1-9-6-7-14-11(8-9)15(18-23-14)16(20)17-12-4-3-5-13(10(12)2)19(21)22/h3-5,9H,6-8H2,1-2H3,(H,17,20)/t9-/m0/s1. The lowest BCUT2D eigenvalue weighted by Gasteiger charge is -2.16. The molecular formula is C16H17N3O4. The molecule has 0 spiro atoms. The SMILES string of the molecule is Cc1c(NC(=O)c2noc3c2C[C@@H](C)CC3)cccc1[N+](=O)[O-]. The van der Waals surface area contributed by atoms with Crippen molar-refractivity contribution in [2.24, 2.45) is 5.92 Å². The maximum Gasteiger partial charge on any atom is 0.278 e. The van der Waals surface area contributed by atoms with Crippen LogP contribution < -0.4 is 5.32 Å². The van der Waals surface area contributed by atoms with Gasteiger partial charge in [-0.1, -0.05) is 18.1 Å². The summed E-state index contributed by atoms with van der Waals surface area (Å²) in [5.74, 6) is 0.852. The Balaban J connectivity index is 1.88. The molecule has 0 fully saturated rings. The Morgan fingerprint density at radius 3 is 3.00 bits per heavy atom. The molecule has 0 saturated heterocycles. The van der Waals surface area contributed by atoms with Gasteiger partial charge in [0.1, 0.15) is 5.76 Å². The number of hydrogen-bond donors (Lipinski definition) is 1. The molecule has 3 rings (SSSR count). The second kappa shape index (κ2) is 5.83. The van der Waals surface area contributed by atoms with E-state index in [9.17, 15) is 14.9 Å². The quantitative estimate of drug-likeness (QED) is 0.692. The number of aryl methyl sites for hydroxylation is 1. The summed E-state index contributed by atoms with van der Waals surface area (Å²) in [6.07, 6.45) is 2.56. The van der Waals surface area contributed by atoms with Crippen LogP contribution in [0.4, 0.5) is 11.4 Å². The van der Waals surface area contributed by atoms with Crippen molar-refractivity contribution in [3.63, 3.8) is 0 Å². The van der Waals surface area contributed by atoms with E-state index < -0.39 is 10.8 Å². The van der Waals surface area contributed by atoms with Crippen LogP contribution in [0.5, 0.6) is 0 Å². The summed E-state index contributed by atoms with van der Waals surface area (Å²) in [6, 6.07) is 4.58. The van der Waals surface area contributed by atoms with Gasteiger partial charge in [0.2, 0.25) is 0 Å². The highest BCUT2D eigenvalue weighted by Gasteiger charge is 2.27. The molecule has 0 unspecified atom stereocenters. The van der Waals surface area contributed by atoms with Gasteiger partial charge in [-0.15, -0.1) is 0 Å². The zero-order chi connectivity index (χ0) is 16.6. The van der Waals surface area contributed by atoms with Gasteiger partial charge in [-0.2, -0.15) is 0 Å². The van der Waals surface area contributed by atoms with Gasteiger partial charge in [-0.25, -0.2) is 0 Å². The number of nitrogens with zero attached hydrogens (tertiary/aromatic N) is 2. The number of aromatic nitrogens is 1. The van der Waals surface area contributed by atoms with Gasteiger partial charge >= 0.3 is 0 Å². The van der Waals surface area contributed by atoms with Crippen molar-refractivity contribution < 1.29 is 14.2 Å². The van der Waals surface area contributed by atoms with E-state index in [0.717, 1.165) is 30.6 Å². The Bertz CT molecular complexity index is 782. The average Bonchev–Trinajstić information content (AvgIpc) is 2.92. The summed E-state index contributed by atoms with van der Waals surface area (Å²) < 4.78 is 5.27. The minimum Gasteiger partial charge on any atom is -0.360 e. The first-order valence-corrected chi connectivity index (χ1v) is 7.50. The molecule has 1 aromatic heterocycles. The van der Waals surface area contributed by atoms with Crippen LogP contribution in [0.15, 0.2) is 22.7 Å². The lowest BCUT2D eigenvalue weighted by Crippen LogP contribution is -2.18. The van der Waals surface area contributed by atoms with Crippen LogP contribution in [0.25, 0.3) is 0 Å². The number of nitro groups is 1. The minimum atomic E-state index is -0.468. The highest BCUT2D eigenvalue weighted by molar-refractivity contribution is 6.04. The van der Waals surface area contributed by atoms with Gasteiger partial charge in [0, 0.05) is 18.1 Å². The van der Waals surface area contributed by atoms with Crippen molar-refractivity contribution in [3.05, 3.63) is 50.9 Å². The van der Waals surface area contributed by atoms with Crippen molar-refractivity contribution in [1.29, 1.82) is 0 Å². The van der Waals surface area contributed by atoms with Crippen LogP contribution in [-0.2, 0) is 12.8 Å². The second-order valence-electron chi connectivity index (χ2n) is 5.94. The zero-order valence-corrected chi connectivity index (χ0v) is 13.0. The third-order valence-electron chi connectivity index (χ3n) is 4.25. The molecule has 1 atom stereocenters. The highest BCUT2D eigenvalue weighted by Crippen LogP contribution is 2.29. The first kappa shape index (κ1) is 15.2. The molecule has 2 aromatic rings. The Morgan fingerprint density at radius 1 is 1.48 bits per heavy atom. The summed E-state index contributed by atoms with van der Waals surface area (Å²) in [5, 5.41) is 17.6. The number of fused-ring (bicyclic) bond motifs is 1. The number of benzene rings is 1. The van der Waals surface area contributed by atoms with E-state index in [2.05, 4.69) is 17.4 Å². The molecule has 1 aliphatic rings. The number of nitro benzene ring substituents is 1. The number of rotatable bonds is 3. The molecule has 1 N–H and O–H groups in total. The molecule has 1 amide bonds. The molecule has 7 nitrogen and oxygen atoms in total. The van der Waals surface area contributed by atoms with Gasteiger partial charge in [-0.3, -0.25) is 14.9 Å². The minimum absolute atomic E-state index is 0.0291. The number of carbonyl (C=O) groups is 1. The Labute approximate surface area is 132 Å². The van der Waals surface area contributed by atoms with E-state index in [1.807, 2.05) is 0 Å². The Hall–Kier alpha value is -2.70. The van der Waals surface area contributed by atoms with Crippen LogP contribution >= 0.6 is 0 Å². The van der Waals surface area contributed by atoms with Crippen LogP contribution in [0, 0.1) is 23.0 Å². The second-order valence-corrected chi connectivity index (χ2v) is 5.94. The number of anilines is 1. The van der Waals surface area contributed by atoms with Gasteiger partial charge in [0.15, 0.2) is 5.69 Å². The molecule has 7 heteroatoms. The first-order valence-electron chi connectivity index (χ1n) is 7.50. The van der Waals surface area contributed by atoms with Gasteiger partial charge in [0.05, 0.1) is 16.2 Å². The number of carbonyl (C=O) groups excluding carboxylic acids is 1. The molecule has 1 heterocycles. The van der Waals surface area contributed by atoms with Crippen molar-refractivity contribution >= 4 is 17.3 Å². The smallest absolute Gasteiger partial charge is 0.278 e. The summed E-state index contributed by atoms with van der Waals surface area (Å²) in [6.45, 7) is 3.73. The van der Waals surface area contributed by atoms with E-state index in [-0.39, 0.29) is 11.4 Å². The van der Waals surface area contributed by atoms with Crippen LogP contribution in [0.1, 0.15) is 40.7 Å². The monoisotopic (exact) mass is 315 g/mol. The molecule has 120 valence electrons. The Morgan fingerprint density at radius 2 is 2.26 bits per heavy atom. The van der Waals surface area contributed by atoms with Gasteiger partial charge in [-0.05, 0) is 31.7 Å². The molecular weight excluding hydrogens is 298 g/mol. The Kier molecular flexibility index (Phi) is 3.85. The lowest BCUT2D eigenvalue weighted by molar-refractivity contribution is -0.385. The highest BCUT2D eigenvalue weighted by atomic mass is 16.6. The largest absolute Gasteiger partial charge is 0.360 e. The third-order valence-corrected chi connectivity index (χ3v) is 4.25. The van der Waals surface area contributed by atoms with E-state index in [0.29, 0.717) is 17.2 Å². The van der Waals surface area contributed by atoms with Gasteiger partial charge < -0.3 is 9.84 Å². The average molecular weight is 315 g/mol. The predicted molar refractivity (Wildman–Crippen MR) is 83.5 cm³/mol. The van der Waals surface area contributed by atoms with E-state index >= 15 is 0 Å². The first-order chi connectivity index (χ1) is 11.0. The van der Waals surface area contributed by atoms with Crippen molar-refractivity contribution in [1.82, 2.24) is 5.16 Å². The lowest BCUT2D eigenvalue weighted by atomic mass is 9.88. The van der Waals surface area contributed by atoms with E-state index in [1.54, 1.807) is 19.1 Å². The summed E-state index contributed by atoms with van der Waals surface area (Å²) in [7, 11) is 0. The third kappa shape index (κ3) is 2.81. The van der Waals surface area contributed by atoms with Crippen LogP contribution in [0.2, 0.25) is 0 Å². The van der Waals surface area contributed by atoms with Crippen LogP contribution in [-0.4, -0.2) is 16.0 Å². The fourth-order valence-electron chi connectivity index (χ4n) is 2.89.